The van der Waals surface area contributed by atoms with Crippen molar-refractivity contribution in [2.24, 2.45) is 0 Å². The maximum Gasteiger partial charge on any atom is 0.335 e. The Morgan fingerprint density at radius 2 is 2.16 bits per heavy atom. The molecule has 0 radical (unpaired) electrons. The second kappa shape index (κ2) is 6.68. The van der Waals surface area contributed by atoms with Crippen molar-refractivity contribution in [3.05, 3.63) is 35.4 Å². The molecular weight excluding hydrogens is 240 g/mol. The molecule has 1 fully saturated rings. The molecule has 19 heavy (non-hydrogen) atoms. The predicted octanol–water partition coefficient (Wildman–Crippen LogP) is 1.96. The van der Waals surface area contributed by atoms with Gasteiger partial charge in [0, 0.05) is 19.1 Å². The van der Waals surface area contributed by atoms with Gasteiger partial charge in [-0.2, -0.15) is 0 Å². The number of carbonyl (C=O) groups is 1. The Bertz CT molecular complexity index is 417. The molecule has 1 aliphatic rings. The van der Waals surface area contributed by atoms with E-state index in [1.165, 1.54) is 19.4 Å². The van der Waals surface area contributed by atoms with Gasteiger partial charge in [0.1, 0.15) is 0 Å². The number of carboxylic acid groups (broad SMARTS) is 1. The van der Waals surface area contributed by atoms with Gasteiger partial charge in [-0.05, 0) is 43.6 Å². The largest absolute Gasteiger partial charge is 0.478 e. The molecule has 1 atom stereocenters. The lowest BCUT2D eigenvalue weighted by Crippen LogP contribution is -2.37. The Kier molecular flexibility index (Phi) is 4.93. The van der Waals surface area contributed by atoms with Crippen LogP contribution in [0.25, 0.3) is 0 Å². The molecular formula is C15H22N2O2. The molecule has 104 valence electrons. The average molecular weight is 262 g/mol. The average Bonchev–Trinajstić information content (AvgIpc) is 2.87. The molecule has 4 nitrogen and oxygen atoms in total. The number of carboxylic acids is 1. The standard InChI is InChI=1S/C15H22N2O2/c1-2-17-9-3-4-14(17)11-16-10-12-5-7-13(8-6-12)15(18)19/h5-8,14,16H,2-4,9-11H2,1H3,(H,18,19)/t14-/m1/s1. The third-order valence-electron chi connectivity index (χ3n) is 3.82. The summed E-state index contributed by atoms with van der Waals surface area (Å²) < 4.78 is 0. The lowest BCUT2D eigenvalue weighted by Gasteiger charge is -2.23. The number of hydrogen-bond donors (Lipinski definition) is 2. The van der Waals surface area contributed by atoms with Gasteiger partial charge in [-0.3, -0.25) is 4.90 Å². The van der Waals surface area contributed by atoms with Crippen LogP contribution in [0.4, 0.5) is 0 Å². The summed E-state index contributed by atoms with van der Waals surface area (Å²) in [6, 6.07) is 7.73. The molecule has 1 heterocycles. The van der Waals surface area contributed by atoms with Crippen LogP contribution in [0.15, 0.2) is 24.3 Å². The maximum atomic E-state index is 10.7. The Hall–Kier alpha value is -1.39. The van der Waals surface area contributed by atoms with Crippen molar-refractivity contribution in [1.29, 1.82) is 0 Å². The molecule has 2 rings (SSSR count). The van der Waals surface area contributed by atoms with Gasteiger partial charge in [0.2, 0.25) is 0 Å². The zero-order chi connectivity index (χ0) is 13.7. The van der Waals surface area contributed by atoms with Crippen molar-refractivity contribution < 1.29 is 9.90 Å². The number of rotatable bonds is 6. The second-order valence-corrected chi connectivity index (χ2v) is 5.06. The van der Waals surface area contributed by atoms with Gasteiger partial charge in [-0.1, -0.05) is 19.1 Å². The summed E-state index contributed by atoms with van der Waals surface area (Å²) in [5.74, 6) is -0.871. The van der Waals surface area contributed by atoms with Crippen LogP contribution >= 0.6 is 0 Å². The summed E-state index contributed by atoms with van der Waals surface area (Å²) in [4.78, 5) is 13.3. The van der Waals surface area contributed by atoms with Crippen molar-refractivity contribution in [2.75, 3.05) is 19.6 Å². The minimum atomic E-state index is -0.871. The van der Waals surface area contributed by atoms with Crippen LogP contribution < -0.4 is 5.32 Å². The Labute approximate surface area is 114 Å². The highest BCUT2D eigenvalue weighted by Gasteiger charge is 2.21. The molecule has 4 heteroatoms. The SMILES string of the molecule is CCN1CCC[C@@H]1CNCc1ccc(C(=O)O)cc1. The highest BCUT2D eigenvalue weighted by Crippen LogP contribution is 2.15. The van der Waals surface area contributed by atoms with E-state index >= 15 is 0 Å². The zero-order valence-corrected chi connectivity index (χ0v) is 11.4. The van der Waals surface area contributed by atoms with Crippen LogP contribution in [0, 0.1) is 0 Å². The van der Waals surface area contributed by atoms with E-state index in [-0.39, 0.29) is 0 Å². The monoisotopic (exact) mass is 262 g/mol. The smallest absolute Gasteiger partial charge is 0.335 e. The first-order valence-electron chi connectivity index (χ1n) is 6.97. The van der Waals surface area contributed by atoms with Crippen LogP contribution in [-0.4, -0.2) is 41.7 Å². The van der Waals surface area contributed by atoms with Gasteiger partial charge in [0.25, 0.3) is 0 Å². The minimum absolute atomic E-state index is 0.344. The highest BCUT2D eigenvalue weighted by atomic mass is 16.4. The number of aromatic carboxylic acids is 1. The molecule has 2 N–H and O–H groups in total. The molecule has 0 aliphatic carbocycles. The van der Waals surface area contributed by atoms with E-state index in [1.807, 2.05) is 12.1 Å². The molecule has 0 saturated carbocycles. The first-order valence-corrected chi connectivity index (χ1v) is 6.97. The van der Waals surface area contributed by atoms with Gasteiger partial charge >= 0.3 is 5.97 Å². The molecule has 0 aromatic heterocycles. The van der Waals surface area contributed by atoms with Gasteiger partial charge in [-0.15, -0.1) is 0 Å². The minimum Gasteiger partial charge on any atom is -0.478 e. The van der Waals surface area contributed by atoms with E-state index < -0.39 is 5.97 Å². The van der Waals surface area contributed by atoms with Gasteiger partial charge in [0.15, 0.2) is 0 Å². The van der Waals surface area contributed by atoms with E-state index in [0.717, 1.165) is 25.2 Å². The van der Waals surface area contributed by atoms with E-state index in [1.54, 1.807) is 12.1 Å². The lowest BCUT2D eigenvalue weighted by atomic mass is 10.1. The summed E-state index contributed by atoms with van der Waals surface area (Å²) in [7, 11) is 0. The molecule has 0 amide bonds. The number of nitrogens with one attached hydrogen (secondary N) is 1. The van der Waals surface area contributed by atoms with E-state index in [2.05, 4.69) is 17.1 Å². The third-order valence-corrected chi connectivity index (χ3v) is 3.82. The number of hydrogen-bond acceptors (Lipinski definition) is 3. The van der Waals surface area contributed by atoms with Crippen molar-refractivity contribution in [3.8, 4) is 0 Å². The Morgan fingerprint density at radius 3 is 2.79 bits per heavy atom. The molecule has 0 bridgehead atoms. The van der Waals surface area contributed by atoms with Crippen LogP contribution in [0.2, 0.25) is 0 Å². The third kappa shape index (κ3) is 3.78. The highest BCUT2D eigenvalue weighted by molar-refractivity contribution is 5.87. The molecule has 0 unspecified atom stereocenters. The zero-order valence-electron chi connectivity index (χ0n) is 11.4. The van der Waals surface area contributed by atoms with Crippen molar-refractivity contribution in [3.63, 3.8) is 0 Å². The first kappa shape index (κ1) is 14.0. The summed E-state index contributed by atoms with van der Waals surface area (Å²) in [6.45, 7) is 6.36. The normalized spacial score (nSPS) is 19.7. The number of nitrogens with zero attached hydrogens (tertiary/aromatic N) is 1. The fraction of sp³-hybridized carbons (Fsp3) is 0.533. The maximum absolute atomic E-state index is 10.7. The summed E-state index contributed by atoms with van der Waals surface area (Å²) in [6.07, 6.45) is 2.58. The van der Waals surface area contributed by atoms with Gasteiger partial charge in [0.05, 0.1) is 5.56 Å². The van der Waals surface area contributed by atoms with Crippen LogP contribution in [0.1, 0.15) is 35.7 Å². The predicted molar refractivity (Wildman–Crippen MR) is 75.4 cm³/mol. The van der Waals surface area contributed by atoms with E-state index in [4.69, 9.17) is 5.11 Å². The summed E-state index contributed by atoms with van der Waals surface area (Å²) in [5.41, 5.74) is 1.47. The van der Waals surface area contributed by atoms with E-state index in [0.29, 0.717) is 11.6 Å². The van der Waals surface area contributed by atoms with Crippen molar-refractivity contribution in [1.82, 2.24) is 10.2 Å². The van der Waals surface area contributed by atoms with Crippen LogP contribution in [0.5, 0.6) is 0 Å². The Morgan fingerprint density at radius 1 is 1.42 bits per heavy atom. The summed E-state index contributed by atoms with van der Waals surface area (Å²) in [5, 5.41) is 12.3. The van der Waals surface area contributed by atoms with Crippen LogP contribution in [0.3, 0.4) is 0 Å². The Balaban J connectivity index is 1.77. The number of likely N-dealkylation sites (tertiary alicyclic amines) is 1. The molecule has 1 saturated heterocycles. The quantitative estimate of drug-likeness (QED) is 0.823. The lowest BCUT2D eigenvalue weighted by molar-refractivity contribution is 0.0697. The molecule has 1 aromatic rings. The molecule has 1 aromatic carbocycles. The van der Waals surface area contributed by atoms with Gasteiger partial charge < -0.3 is 10.4 Å². The van der Waals surface area contributed by atoms with E-state index in [9.17, 15) is 4.79 Å². The van der Waals surface area contributed by atoms with Crippen molar-refractivity contribution in [2.45, 2.75) is 32.4 Å². The van der Waals surface area contributed by atoms with Crippen LogP contribution in [-0.2, 0) is 6.54 Å². The van der Waals surface area contributed by atoms with Crippen molar-refractivity contribution >= 4 is 5.97 Å². The summed E-state index contributed by atoms with van der Waals surface area (Å²) >= 11 is 0. The molecule has 1 aliphatic heterocycles. The van der Waals surface area contributed by atoms with Gasteiger partial charge in [-0.25, -0.2) is 4.79 Å². The molecule has 0 spiro atoms. The number of benzene rings is 1. The first-order chi connectivity index (χ1) is 9.20. The fourth-order valence-corrected chi connectivity index (χ4v) is 2.69. The topological polar surface area (TPSA) is 52.6 Å². The fourth-order valence-electron chi connectivity index (χ4n) is 2.69. The number of likely N-dealkylation sites (N-methyl/N-ethyl adjacent to an activating group) is 1. The second-order valence-electron chi connectivity index (χ2n) is 5.06.